The first-order valence-electron chi connectivity index (χ1n) is 9.35. The number of rotatable bonds is 6. The van der Waals surface area contributed by atoms with Crippen molar-refractivity contribution in [2.24, 2.45) is 4.99 Å². The lowest BCUT2D eigenvalue weighted by molar-refractivity contribution is -0.0679. The van der Waals surface area contributed by atoms with Crippen molar-refractivity contribution in [3.63, 3.8) is 0 Å². The van der Waals surface area contributed by atoms with Gasteiger partial charge in [0.05, 0.1) is 12.2 Å². The van der Waals surface area contributed by atoms with Crippen LogP contribution in [0.3, 0.4) is 0 Å². The fourth-order valence-electron chi connectivity index (χ4n) is 3.43. The fraction of sp³-hybridized carbons (Fsp3) is 0.632. The lowest BCUT2D eigenvalue weighted by Gasteiger charge is -2.35. The topological polar surface area (TPSA) is 67.4 Å². The van der Waals surface area contributed by atoms with E-state index < -0.39 is 0 Å². The minimum absolute atomic E-state index is 0. The van der Waals surface area contributed by atoms with Crippen LogP contribution in [-0.4, -0.2) is 63.1 Å². The molecule has 0 spiro atoms. The van der Waals surface area contributed by atoms with Gasteiger partial charge in [-0.1, -0.05) is 6.07 Å². The highest BCUT2D eigenvalue weighted by Crippen LogP contribution is 2.32. The highest BCUT2D eigenvalue weighted by atomic mass is 127. The first-order chi connectivity index (χ1) is 12.6. The van der Waals surface area contributed by atoms with Crippen LogP contribution in [0.2, 0.25) is 0 Å². The Balaban J connectivity index is 0.00000261. The van der Waals surface area contributed by atoms with Crippen molar-refractivity contribution in [2.75, 3.05) is 40.0 Å². The second-order valence-corrected chi connectivity index (χ2v) is 6.91. The van der Waals surface area contributed by atoms with Crippen LogP contribution < -0.4 is 20.1 Å². The van der Waals surface area contributed by atoms with E-state index in [4.69, 9.17) is 14.2 Å². The van der Waals surface area contributed by atoms with Gasteiger partial charge in [0.1, 0.15) is 0 Å². The summed E-state index contributed by atoms with van der Waals surface area (Å²) in [4.78, 5) is 6.76. The largest absolute Gasteiger partial charge is 0.454 e. The lowest BCUT2D eigenvalue weighted by Crippen LogP contribution is -2.46. The van der Waals surface area contributed by atoms with Crippen LogP contribution in [0, 0.1) is 0 Å². The van der Waals surface area contributed by atoms with E-state index in [0.29, 0.717) is 25.5 Å². The van der Waals surface area contributed by atoms with Gasteiger partial charge < -0.3 is 24.8 Å². The van der Waals surface area contributed by atoms with E-state index in [2.05, 4.69) is 34.4 Å². The Labute approximate surface area is 178 Å². The van der Waals surface area contributed by atoms with Gasteiger partial charge in [-0.15, -0.1) is 24.0 Å². The molecule has 1 aromatic rings. The molecule has 2 aliphatic heterocycles. The van der Waals surface area contributed by atoms with Crippen molar-refractivity contribution in [3.05, 3.63) is 23.8 Å². The standard InChI is InChI=1S/C19H30N4O3.HI/c1-14-11-23(12-15(2)26-14)8-4-7-21-19(20-3)22-10-16-5-6-17-18(9-16)25-13-24-17;/h5-6,9,14-15H,4,7-8,10-13H2,1-3H3,(H2,20,21,22);1H. The van der Waals surface area contributed by atoms with Crippen LogP contribution in [0.5, 0.6) is 11.5 Å². The molecular formula is C19H31IN4O3. The van der Waals surface area contributed by atoms with Crippen molar-refractivity contribution >= 4 is 29.9 Å². The summed E-state index contributed by atoms with van der Waals surface area (Å²) < 4.78 is 16.5. The summed E-state index contributed by atoms with van der Waals surface area (Å²) in [6.45, 7) is 9.27. The van der Waals surface area contributed by atoms with Crippen molar-refractivity contribution in [3.8, 4) is 11.5 Å². The molecule has 8 heteroatoms. The summed E-state index contributed by atoms with van der Waals surface area (Å²) in [7, 11) is 1.79. The summed E-state index contributed by atoms with van der Waals surface area (Å²) in [5.41, 5.74) is 1.13. The van der Waals surface area contributed by atoms with E-state index in [1.54, 1.807) is 7.05 Å². The number of morpholine rings is 1. The van der Waals surface area contributed by atoms with Crippen molar-refractivity contribution in [1.29, 1.82) is 0 Å². The molecule has 1 aromatic carbocycles. The van der Waals surface area contributed by atoms with Crippen LogP contribution in [0.15, 0.2) is 23.2 Å². The van der Waals surface area contributed by atoms with E-state index >= 15 is 0 Å². The molecule has 3 rings (SSSR count). The molecule has 0 amide bonds. The molecule has 1 saturated heterocycles. The molecule has 2 atom stereocenters. The highest BCUT2D eigenvalue weighted by molar-refractivity contribution is 14.0. The number of ether oxygens (including phenoxy) is 3. The van der Waals surface area contributed by atoms with Crippen molar-refractivity contribution in [2.45, 2.75) is 39.0 Å². The Morgan fingerprint density at radius 1 is 1.15 bits per heavy atom. The number of nitrogens with one attached hydrogen (secondary N) is 2. The average molecular weight is 490 g/mol. The molecular weight excluding hydrogens is 459 g/mol. The molecule has 7 nitrogen and oxygen atoms in total. The van der Waals surface area contributed by atoms with Gasteiger partial charge in [0.2, 0.25) is 6.79 Å². The predicted octanol–water partition coefficient (Wildman–Crippen LogP) is 2.20. The third-order valence-electron chi connectivity index (χ3n) is 4.56. The second kappa shape index (κ2) is 10.9. The molecule has 0 aromatic heterocycles. The maximum Gasteiger partial charge on any atom is 0.231 e. The molecule has 0 aliphatic carbocycles. The molecule has 2 N–H and O–H groups in total. The van der Waals surface area contributed by atoms with Gasteiger partial charge in [-0.2, -0.15) is 0 Å². The van der Waals surface area contributed by atoms with E-state index in [9.17, 15) is 0 Å². The minimum atomic E-state index is 0. The minimum Gasteiger partial charge on any atom is -0.454 e. The molecule has 1 fully saturated rings. The lowest BCUT2D eigenvalue weighted by atomic mass is 10.2. The Hall–Kier alpha value is -1.26. The number of benzene rings is 1. The maximum absolute atomic E-state index is 5.78. The Morgan fingerprint density at radius 3 is 2.63 bits per heavy atom. The summed E-state index contributed by atoms with van der Waals surface area (Å²) in [6.07, 6.45) is 1.72. The molecule has 0 saturated carbocycles. The second-order valence-electron chi connectivity index (χ2n) is 6.91. The van der Waals surface area contributed by atoms with Gasteiger partial charge in [-0.25, -0.2) is 0 Å². The van der Waals surface area contributed by atoms with Gasteiger partial charge in [0.15, 0.2) is 17.5 Å². The van der Waals surface area contributed by atoms with E-state index in [1.165, 1.54) is 0 Å². The number of nitrogens with zero attached hydrogens (tertiary/aromatic N) is 2. The third-order valence-corrected chi connectivity index (χ3v) is 4.56. The molecule has 2 unspecified atom stereocenters. The van der Waals surface area contributed by atoms with Gasteiger partial charge >= 0.3 is 0 Å². The number of hydrogen-bond acceptors (Lipinski definition) is 5. The van der Waals surface area contributed by atoms with Crippen LogP contribution >= 0.6 is 24.0 Å². The fourth-order valence-corrected chi connectivity index (χ4v) is 3.43. The Morgan fingerprint density at radius 2 is 1.89 bits per heavy atom. The third kappa shape index (κ3) is 6.69. The number of aliphatic imine (C=N–C) groups is 1. The SMILES string of the molecule is CN=C(NCCCN1CC(C)OC(C)C1)NCc1ccc2c(c1)OCO2.I. The van der Waals surface area contributed by atoms with E-state index in [-0.39, 0.29) is 24.0 Å². The number of halogens is 1. The van der Waals surface area contributed by atoms with Gasteiger partial charge in [-0.3, -0.25) is 9.89 Å². The van der Waals surface area contributed by atoms with Crippen LogP contribution in [0.25, 0.3) is 0 Å². The molecule has 0 radical (unpaired) electrons. The zero-order valence-corrected chi connectivity index (χ0v) is 18.7. The Bertz CT molecular complexity index is 619. The highest BCUT2D eigenvalue weighted by Gasteiger charge is 2.21. The number of fused-ring (bicyclic) bond motifs is 1. The van der Waals surface area contributed by atoms with Crippen molar-refractivity contribution < 1.29 is 14.2 Å². The number of guanidine groups is 1. The normalized spacial score (nSPS) is 22.3. The summed E-state index contributed by atoms with van der Waals surface area (Å²) in [6, 6.07) is 5.98. The summed E-state index contributed by atoms with van der Waals surface area (Å²) >= 11 is 0. The smallest absolute Gasteiger partial charge is 0.231 e. The van der Waals surface area contributed by atoms with Crippen LogP contribution in [-0.2, 0) is 11.3 Å². The first-order valence-corrected chi connectivity index (χ1v) is 9.35. The zero-order chi connectivity index (χ0) is 18.4. The predicted molar refractivity (Wildman–Crippen MR) is 117 cm³/mol. The van der Waals surface area contributed by atoms with Crippen LogP contribution in [0.1, 0.15) is 25.8 Å². The Kier molecular flexibility index (Phi) is 8.91. The quantitative estimate of drug-likeness (QED) is 0.276. The van der Waals surface area contributed by atoms with Gasteiger partial charge in [0, 0.05) is 39.8 Å². The van der Waals surface area contributed by atoms with Gasteiger partial charge in [0.25, 0.3) is 0 Å². The first kappa shape index (κ1) is 22.0. The van der Waals surface area contributed by atoms with E-state index in [1.807, 2.05) is 18.2 Å². The molecule has 0 bridgehead atoms. The monoisotopic (exact) mass is 490 g/mol. The van der Waals surface area contributed by atoms with Gasteiger partial charge in [-0.05, 0) is 38.0 Å². The van der Waals surface area contributed by atoms with E-state index in [0.717, 1.165) is 55.6 Å². The molecule has 2 aliphatic rings. The average Bonchev–Trinajstić information content (AvgIpc) is 3.08. The summed E-state index contributed by atoms with van der Waals surface area (Å²) in [5, 5.41) is 6.72. The molecule has 2 heterocycles. The molecule has 27 heavy (non-hydrogen) atoms. The maximum atomic E-state index is 5.78. The zero-order valence-electron chi connectivity index (χ0n) is 16.4. The van der Waals surface area contributed by atoms with Crippen LogP contribution in [0.4, 0.5) is 0 Å². The molecule has 152 valence electrons. The summed E-state index contributed by atoms with van der Waals surface area (Å²) in [5.74, 6) is 2.43. The number of hydrogen-bond donors (Lipinski definition) is 2. The van der Waals surface area contributed by atoms with Crippen molar-refractivity contribution in [1.82, 2.24) is 15.5 Å².